The van der Waals surface area contributed by atoms with Gasteiger partial charge in [-0.2, -0.15) is 5.26 Å². The van der Waals surface area contributed by atoms with Crippen LogP contribution in [0.5, 0.6) is 5.75 Å². The van der Waals surface area contributed by atoms with Gasteiger partial charge in [0.2, 0.25) is 0 Å². The van der Waals surface area contributed by atoms with E-state index in [2.05, 4.69) is 0 Å². The van der Waals surface area contributed by atoms with E-state index in [9.17, 15) is 8.42 Å². The van der Waals surface area contributed by atoms with Gasteiger partial charge in [-0.15, -0.1) is 0 Å². The maximum atomic E-state index is 12.3. The third-order valence-electron chi connectivity index (χ3n) is 3.39. The smallest absolute Gasteiger partial charge is 0.197 e. The molecule has 17 heavy (non-hydrogen) atoms. The lowest BCUT2D eigenvalue weighted by molar-refractivity contribution is 0.356. The van der Waals surface area contributed by atoms with E-state index in [4.69, 9.17) is 10.00 Å². The number of hydrogen-bond acceptors (Lipinski definition) is 4. The van der Waals surface area contributed by atoms with E-state index in [1.807, 2.05) is 6.07 Å². The third-order valence-corrected chi connectivity index (χ3v) is 5.80. The summed E-state index contributed by atoms with van der Waals surface area (Å²) in [5, 5.41) is 8.99. The predicted octanol–water partition coefficient (Wildman–Crippen LogP) is 1.45. The molecule has 1 heterocycles. The Labute approximate surface area is 99.7 Å². The fourth-order valence-corrected chi connectivity index (χ4v) is 3.87. The molecule has 0 atom stereocenters. The van der Waals surface area contributed by atoms with Crippen molar-refractivity contribution in [1.82, 2.24) is 0 Å². The van der Waals surface area contributed by atoms with E-state index in [0.717, 1.165) is 17.7 Å². The van der Waals surface area contributed by atoms with Gasteiger partial charge in [-0.25, -0.2) is 8.42 Å². The van der Waals surface area contributed by atoms with Gasteiger partial charge in [0.15, 0.2) is 14.6 Å². The molecule has 0 spiro atoms. The lowest BCUT2D eigenvalue weighted by Crippen LogP contribution is -2.21. The summed E-state index contributed by atoms with van der Waals surface area (Å²) in [5.74, 6) is 0.755. The fraction of sp³-hybridized carbons (Fsp3) is 0.417. The van der Waals surface area contributed by atoms with E-state index in [1.165, 1.54) is 6.07 Å². The SMILES string of the molecule is N#CC1(S(=O)(=O)c2ccc3c(c2)CCO3)CC1. The molecule has 0 N–H and O–H groups in total. The Morgan fingerprint density at radius 2 is 2.12 bits per heavy atom. The Morgan fingerprint density at radius 1 is 1.35 bits per heavy atom. The second-order valence-electron chi connectivity index (χ2n) is 4.48. The van der Waals surface area contributed by atoms with Crippen LogP contribution in [0, 0.1) is 11.3 Å². The average Bonchev–Trinajstić information content (AvgIpc) is 3.00. The molecule has 4 nitrogen and oxygen atoms in total. The lowest BCUT2D eigenvalue weighted by Gasteiger charge is -2.09. The fourth-order valence-electron chi connectivity index (χ4n) is 2.11. The Balaban J connectivity index is 2.09. The first-order chi connectivity index (χ1) is 8.09. The molecular weight excluding hydrogens is 238 g/mol. The van der Waals surface area contributed by atoms with Crippen LogP contribution in [0.2, 0.25) is 0 Å². The third kappa shape index (κ3) is 1.37. The number of benzene rings is 1. The molecule has 3 rings (SSSR count). The molecule has 1 aliphatic carbocycles. The second-order valence-corrected chi connectivity index (χ2v) is 6.74. The molecule has 2 aliphatic rings. The summed E-state index contributed by atoms with van der Waals surface area (Å²) in [6.07, 6.45) is 1.62. The average molecular weight is 249 g/mol. The van der Waals surface area contributed by atoms with Crippen molar-refractivity contribution in [2.45, 2.75) is 28.9 Å². The van der Waals surface area contributed by atoms with Crippen LogP contribution >= 0.6 is 0 Å². The van der Waals surface area contributed by atoms with Gasteiger partial charge >= 0.3 is 0 Å². The van der Waals surface area contributed by atoms with Crippen LogP contribution in [0.3, 0.4) is 0 Å². The molecule has 0 radical (unpaired) electrons. The summed E-state index contributed by atoms with van der Waals surface area (Å²) in [6.45, 7) is 0.599. The number of nitriles is 1. The molecule has 0 aromatic heterocycles. The van der Waals surface area contributed by atoms with Gasteiger partial charge in [-0.3, -0.25) is 0 Å². The summed E-state index contributed by atoms with van der Waals surface area (Å²) in [5.41, 5.74) is 0.916. The standard InChI is InChI=1S/C12H11NO3S/c13-8-12(4-5-12)17(14,15)10-1-2-11-9(7-10)3-6-16-11/h1-2,7H,3-6H2. The van der Waals surface area contributed by atoms with Gasteiger partial charge in [0.1, 0.15) is 5.75 Å². The molecule has 1 aromatic carbocycles. The second kappa shape index (κ2) is 3.23. The molecule has 1 aromatic rings. The van der Waals surface area contributed by atoms with Crippen LogP contribution in [0.15, 0.2) is 23.1 Å². The molecule has 0 amide bonds. The van der Waals surface area contributed by atoms with Crippen LogP contribution in [0.4, 0.5) is 0 Å². The van der Waals surface area contributed by atoms with Crippen molar-refractivity contribution in [3.05, 3.63) is 23.8 Å². The summed E-state index contributed by atoms with van der Waals surface area (Å²) in [6, 6.07) is 6.81. The number of fused-ring (bicyclic) bond motifs is 1. The molecule has 0 bridgehead atoms. The van der Waals surface area contributed by atoms with Crippen molar-refractivity contribution < 1.29 is 13.2 Å². The van der Waals surface area contributed by atoms with E-state index in [0.29, 0.717) is 19.4 Å². The molecule has 5 heteroatoms. The van der Waals surface area contributed by atoms with Gasteiger partial charge < -0.3 is 4.74 Å². The van der Waals surface area contributed by atoms with Crippen molar-refractivity contribution in [3.63, 3.8) is 0 Å². The molecule has 1 aliphatic heterocycles. The maximum Gasteiger partial charge on any atom is 0.197 e. The first kappa shape index (κ1) is 10.6. The largest absolute Gasteiger partial charge is 0.493 e. The minimum Gasteiger partial charge on any atom is -0.493 e. The maximum absolute atomic E-state index is 12.3. The normalized spacial score (nSPS) is 20.2. The number of sulfone groups is 1. The molecule has 0 saturated heterocycles. The Kier molecular flexibility index (Phi) is 2.02. The van der Waals surface area contributed by atoms with Crippen LogP contribution < -0.4 is 4.74 Å². The number of hydrogen-bond donors (Lipinski definition) is 0. The number of ether oxygens (including phenoxy) is 1. The highest BCUT2D eigenvalue weighted by Crippen LogP contribution is 2.46. The van der Waals surface area contributed by atoms with E-state index < -0.39 is 14.6 Å². The van der Waals surface area contributed by atoms with Crippen LogP contribution in [0.1, 0.15) is 18.4 Å². The quantitative estimate of drug-likeness (QED) is 0.795. The van der Waals surface area contributed by atoms with Gasteiger partial charge in [0.05, 0.1) is 17.6 Å². The molecule has 0 unspecified atom stereocenters. The summed E-state index contributed by atoms with van der Waals surface area (Å²) < 4.78 is 28.7. The van der Waals surface area contributed by atoms with Crippen LogP contribution in [-0.2, 0) is 16.3 Å². The minimum absolute atomic E-state index is 0.251. The van der Waals surface area contributed by atoms with Crippen molar-refractivity contribution in [3.8, 4) is 11.8 Å². The zero-order valence-electron chi connectivity index (χ0n) is 9.14. The molecule has 88 valence electrons. The molecule has 1 fully saturated rings. The summed E-state index contributed by atoms with van der Waals surface area (Å²) in [7, 11) is -3.52. The van der Waals surface area contributed by atoms with Crippen molar-refractivity contribution in [2.24, 2.45) is 0 Å². The summed E-state index contributed by atoms with van der Waals surface area (Å²) >= 11 is 0. The van der Waals surface area contributed by atoms with Crippen molar-refractivity contribution in [1.29, 1.82) is 5.26 Å². The summed E-state index contributed by atoms with van der Waals surface area (Å²) in [4.78, 5) is 0.251. The predicted molar refractivity (Wildman–Crippen MR) is 60.4 cm³/mol. The van der Waals surface area contributed by atoms with Gasteiger partial charge in [0, 0.05) is 6.42 Å². The topological polar surface area (TPSA) is 67.2 Å². The van der Waals surface area contributed by atoms with Gasteiger partial charge in [-0.05, 0) is 36.6 Å². The monoisotopic (exact) mass is 249 g/mol. The highest BCUT2D eigenvalue weighted by Gasteiger charge is 2.56. The Hall–Kier alpha value is -1.54. The Bertz CT molecular complexity index is 624. The first-order valence-corrected chi connectivity index (χ1v) is 6.99. The minimum atomic E-state index is -3.52. The zero-order valence-corrected chi connectivity index (χ0v) is 9.96. The lowest BCUT2D eigenvalue weighted by atomic mass is 10.2. The van der Waals surface area contributed by atoms with E-state index in [-0.39, 0.29) is 4.90 Å². The first-order valence-electron chi connectivity index (χ1n) is 5.51. The molecule has 1 saturated carbocycles. The number of nitrogens with zero attached hydrogens (tertiary/aromatic N) is 1. The van der Waals surface area contributed by atoms with Gasteiger partial charge in [0.25, 0.3) is 0 Å². The van der Waals surface area contributed by atoms with Crippen molar-refractivity contribution in [2.75, 3.05) is 6.61 Å². The molecular formula is C12H11NO3S. The van der Waals surface area contributed by atoms with Crippen LogP contribution in [0.25, 0.3) is 0 Å². The van der Waals surface area contributed by atoms with E-state index >= 15 is 0 Å². The number of rotatable bonds is 2. The van der Waals surface area contributed by atoms with Gasteiger partial charge in [-0.1, -0.05) is 0 Å². The van der Waals surface area contributed by atoms with E-state index in [1.54, 1.807) is 12.1 Å². The van der Waals surface area contributed by atoms with Crippen molar-refractivity contribution >= 4 is 9.84 Å². The zero-order chi connectivity index (χ0) is 12.1. The Morgan fingerprint density at radius 3 is 2.76 bits per heavy atom. The van der Waals surface area contributed by atoms with Crippen LogP contribution in [-0.4, -0.2) is 19.8 Å². The highest BCUT2D eigenvalue weighted by atomic mass is 32.2. The highest BCUT2D eigenvalue weighted by molar-refractivity contribution is 7.93.